The van der Waals surface area contributed by atoms with Crippen LogP contribution in [0.15, 0.2) is 44.8 Å². The number of allylic oxidation sites excluding steroid dienone is 8. The molecule has 0 aromatic rings. The lowest BCUT2D eigenvalue weighted by atomic mass is 9.73. The van der Waals surface area contributed by atoms with Crippen LogP contribution in [0.2, 0.25) is 0 Å². The van der Waals surface area contributed by atoms with E-state index in [0.717, 1.165) is 0 Å². The fourth-order valence-corrected chi connectivity index (χ4v) is 6.35. The third kappa shape index (κ3) is 9.12. The quantitative estimate of drug-likeness (QED) is 0.0755. The fourth-order valence-electron chi connectivity index (χ4n) is 6.35. The van der Waals surface area contributed by atoms with Crippen molar-refractivity contribution in [3.8, 4) is 30.3 Å². The Morgan fingerprint density at radius 3 is 1.60 bits per heavy atom. The number of nitriles is 5. The van der Waals surface area contributed by atoms with E-state index in [-0.39, 0.29) is 50.6 Å². The van der Waals surface area contributed by atoms with Gasteiger partial charge in [-0.2, -0.15) is 86.9 Å². The minimum absolute atomic E-state index is 0.0489. The summed E-state index contributed by atoms with van der Waals surface area (Å²) < 4.78 is 210. The summed E-state index contributed by atoms with van der Waals surface area (Å²) in [6.07, 6.45) is -11.6. The van der Waals surface area contributed by atoms with E-state index in [0.29, 0.717) is 0 Å². The predicted molar refractivity (Wildman–Crippen MR) is 165 cm³/mol. The summed E-state index contributed by atoms with van der Waals surface area (Å²) in [4.78, 5) is 2.71. The summed E-state index contributed by atoms with van der Waals surface area (Å²) in [5.41, 5.74) is -5.41. The average molecular weight is 832 g/mol. The Morgan fingerprint density at radius 1 is 0.632 bits per heavy atom. The minimum atomic E-state index is -7.22. The van der Waals surface area contributed by atoms with E-state index in [9.17, 15) is 92.2 Å². The molecule has 0 fully saturated rings. The number of unbranched alkanes of at least 4 members (excludes halogenated alkanes) is 4. The van der Waals surface area contributed by atoms with Crippen LogP contribution >= 0.6 is 0 Å². The topological polar surface area (TPSA) is 135 Å². The van der Waals surface area contributed by atoms with Crippen LogP contribution in [0, 0.1) is 75.1 Å². The van der Waals surface area contributed by atoms with Crippen LogP contribution in [0.25, 0.3) is 4.85 Å². The molecule has 0 aromatic carbocycles. The Balaban J connectivity index is 2.24. The molecular formula is C35H28F15N7. The maximum Gasteiger partial charge on any atom is 0.460 e. The zero-order valence-electron chi connectivity index (χ0n) is 29.3. The van der Waals surface area contributed by atoms with E-state index in [1.54, 1.807) is 6.07 Å². The van der Waals surface area contributed by atoms with Crippen molar-refractivity contribution in [2.24, 2.45) is 11.8 Å². The summed E-state index contributed by atoms with van der Waals surface area (Å²) in [7, 11) is 0. The van der Waals surface area contributed by atoms with Crippen molar-refractivity contribution in [2.45, 2.75) is 113 Å². The average Bonchev–Trinajstić information content (AvgIpc) is 3.12. The number of hydrogen-bond acceptors (Lipinski definition) is 6. The van der Waals surface area contributed by atoms with Crippen LogP contribution in [-0.4, -0.2) is 48.3 Å². The molecule has 1 N–H and O–H groups in total. The molecule has 0 saturated heterocycles. The number of nitrogens with zero attached hydrogens (tertiary/aromatic N) is 6. The second kappa shape index (κ2) is 17.4. The normalized spacial score (nSPS) is 19.7. The minimum Gasteiger partial charge on any atom is -0.387 e. The summed E-state index contributed by atoms with van der Waals surface area (Å²) in [6, 6.07) is 7.10. The molecule has 0 aliphatic heterocycles. The Morgan fingerprint density at radius 2 is 1.12 bits per heavy atom. The van der Waals surface area contributed by atoms with Crippen molar-refractivity contribution in [2.75, 3.05) is 6.54 Å². The van der Waals surface area contributed by atoms with E-state index in [2.05, 4.69) is 10.2 Å². The number of nitrogens with one attached hydrogen (secondary N) is 1. The van der Waals surface area contributed by atoms with Gasteiger partial charge < -0.3 is 5.32 Å². The molecule has 308 valence electrons. The molecule has 2 unspecified atom stereocenters. The highest BCUT2D eigenvalue weighted by atomic mass is 19.4. The van der Waals surface area contributed by atoms with Crippen molar-refractivity contribution >= 4 is 0 Å². The first kappa shape index (κ1) is 47.8. The maximum atomic E-state index is 15.0. The van der Waals surface area contributed by atoms with Gasteiger partial charge in [0, 0.05) is 31.0 Å². The Kier molecular flexibility index (Phi) is 14.6. The SMILES string of the molecule is [C-]#[N+]/C(C#N)=C1\CC(C(F)(F)C(F)(F)C(F)(F)C(F)(F)F)CC(NCCCCCCCC2=C(C#N)C(=C(C#N)C#N)CC(C(F)(F)C(F)(F)C(C)(F)F)C2)=C1C#N. The van der Waals surface area contributed by atoms with Gasteiger partial charge in [-0.15, -0.1) is 0 Å². The lowest BCUT2D eigenvalue weighted by Gasteiger charge is -2.40. The van der Waals surface area contributed by atoms with E-state index in [1.165, 1.54) is 24.3 Å². The first-order chi connectivity index (χ1) is 26.1. The van der Waals surface area contributed by atoms with Crippen LogP contribution < -0.4 is 5.32 Å². The molecule has 7 nitrogen and oxygen atoms in total. The number of halogens is 15. The molecule has 22 heteroatoms. The standard InChI is InChI=1S/C35H28F15N7/c1-29(36,37)32(42,43)30(38,39)21-10-19(25(16-53)23(11-21)20(14-51)15-52)8-6-4-3-5-7-9-57-27-13-22(12-24(26(27)17-54)28(18-55)56-2)31(40,41)33(44,45)34(46,47)35(48,49)50/h21-22,57H,3-13H2,1H3/b28-24+. The molecule has 0 radical (unpaired) electrons. The van der Waals surface area contributed by atoms with Crippen molar-refractivity contribution < 1.29 is 65.9 Å². The molecule has 0 heterocycles. The molecule has 57 heavy (non-hydrogen) atoms. The largest absolute Gasteiger partial charge is 0.460 e. The Hall–Kier alpha value is -5.35. The first-order valence-electron chi connectivity index (χ1n) is 16.5. The summed E-state index contributed by atoms with van der Waals surface area (Å²) >= 11 is 0. The zero-order chi connectivity index (χ0) is 44.0. The van der Waals surface area contributed by atoms with Gasteiger partial charge in [0.15, 0.2) is 0 Å². The molecule has 2 aliphatic rings. The molecule has 0 spiro atoms. The van der Waals surface area contributed by atoms with E-state index in [1.807, 2.05) is 0 Å². The fraction of sp³-hybridized carbons (Fsp3) is 0.600. The first-order valence-corrected chi connectivity index (χ1v) is 16.5. The lowest BCUT2D eigenvalue weighted by molar-refractivity contribution is -0.403. The lowest BCUT2D eigenvalue weighted by Crippen LogP contribution is -2.63. The number of alkyl halides is 15. The van der Waals surface area contributed by atoms with Crippen molar-refractivity contribution in [3.63, 3.8) is 0 Å². The van der Waals surface area contributed by atoms with Crippen molar-refractivity contribution in [1.29, 1.82) is 26.3 Å². The smallest absolute Gasteiger partial charge is 0.387 e. The van der Waals surface area contributed by atoms with Gasteiger partial charge in [-0.25, -0.2) is 10.1 Å². The number of rotatable bonds is 15. The van der Waals surface area contributed by atoms with Gasteiger partial charge >= 0.3 is 41.7 Å². The van der Waals surface area contributed by atoms with E-state index < -0.39 is 125 Å². The highest BCUT2D eigenvalue weighted by molar-refractivity contribution is 5.57. The molecule has 2 aliphatic carbocycles. The zero-order valence-corrected chi connectivity index (χ0v) is 29.3. The summed E-state index contributed by atoms with van der Waals surface area (Å²) in [5, 5.41) is 49.6. The molecule has 0 bridgehead atoms. The molecular weight excluding hydrogens is 803 g/mol. The molecule has 2 rings (SSSR count). The molecule has 2 atom stereocenters. The van der Waals surface area contributed by atoms with Gasteiger partial charge in [0.2, 0.25) is 0 Å². The van der Waals surface area contributed by atoms with Crippen LogP contribution in [-0.2, 0) is 0 Å². The summed E-state index contributed by atoms with van der Waals surface area (Å²) in [6.45, 7) is 6.38. The van der Waals surface area contributed by atoms with Gasteiger partial charge in [-0.05, 0) is 56.1 Å². The molecule has 0 saturated carbocycles. The highest BCUT2D eigenvalue weighted by Gasteiger charge is 2.83. The molecule has 0 aromatic heterocycles. The van der Waals surface area contributed by atoms with Gasteiger partial charge in [0.1, 0.15) is 17.7 Å². The third-order valence-electron chi connectivity index (χ3n) is 9.51. The van der Waals surface area contributed by atoms with Crippen LogP contribution in [0.1, 0.15) is 71.1 Å². The predicted octanol–water partition coefficient (Wildman–Crippen LogP) is 10.8. The monoisotopic (exact) mass is 831 g/mol. The second-order valence-corrected chi connectivity index (χ2v) is 13.2. The number of hydrogen-bond donors (Lipinski definition) is 1. The maximum absolute atomic E-state index is 15.0. The van der Waals surface area contributed by atoms with Crippen LogP contribution in [0.5, 0.6) is 0 Å². The third-order valence-corrected chi connectivity index (χ3v) is 9.51. The van der Waals surface area contributed by atoms with Crippen LogP contribution in [0.3, 0.4) is 0 Å². The second-order valence-electron chi connectivity index (χ2n) is 13.2. The van der Waals surface area contributed by atoms with Crippen molar-refractivity contribution in [3.05, 3.63) is 56.2 Å². The molecule has 0 amide bonds. The Labute approximate surface area is 315 Å². The van der Waals surface area contributed by atoms with Gasteiger partial charge in [-0.1, -0.05) is 24.8 Å². The van der Waals surface area contributed by atoms with E-state index >= 15 is 0 Å². The van der Waals surface area contributed by atoms with Crippen LogP contribution in [0.4, 0.5) is 65.9 Å². The van der Waals surface area contributed by atoms with E-state index in [4.69, 9.17) is 6.57 Å². The van der Waals surface area contributed by atoms with Gasteiger partial charge in [0.25, 0.3) is 5.70 Å². The van der Waals surface area contributed by atoms with Gasteiger partial charge in [-0.3, -0.25) is 0 Å². The van der Waals surface area contributed by atoms with Crippen molar-refractivity contribution in [1.82, 2.24) is 5.32 Å². The Bertz CT molecular complexity index is 1910. The summed E-state index contributed by atoms with van der Waals surface area (Å²) in [5.74, 6) is -42.4. The van der Waals surface area contributed by atoms with Gasteiger partial charge in [0.05, 0.1) is 35.9 Å². The highest BCUT2D eigenvalue weighted by Crippen LogP contribution is 2.58.